The fourth-order valence-electron chi connectivity index (χ4n) is 5.11. The molecule has 5 aromatic carbocycles. The molecule has 0 unspecified atom stereocenters. The van der Waals surface area contributed by atoms with Gasteiger partial charge in [0.05, 0.1) is 0 Å². The van der Waals surface area contributed by atoms with Gasteiger partial charge in [0.2, 0.25) is 5.71 Å². The van der Waals surface area contributed by atoms with Gasteiger partial charge >= 0.3 is 0 Å². The first-order valence-corrected chi connectivity index (χ1v) is 12.7. The second-order valence-corrected chi connectivity index (χ2v) is 9.27. The van der Waals surface area contributed by atoms with Gasteiger partial charge in [-0.05, 0) is 65.2 Å². The normalized spacial score (nSPS) is 11.2. The van der Waals surface area contributed by atoms with Crippen molar-refractivity contribution in [3.05, 3.63) is 146 Å². The molecule has 0 aliphatic carbocycles. The van der Waals surface area contributed by atoms with E-state index in [1.165, 1.54) is 11.1 Å². The van der Waals surface area contributed by atoms with Crippen molar-refractivity contribution in [3.8, 4) is 22.3 Å². The predicted octanol–water partition coefficient (Wildman–Crippen LogP) is 9.78. The third kappa shape index (κ3) is 3.91. The summed E-state index contributed by atoms with van der Waals surface area (Å²) in [5.74, 6) is 0. The summed E-state index contributed by atoms with van der Waals surface area (Å²) < 4.78 is 6.18. The predicted molar refractivity (Wildman–Crippen MR) is 157 cm³/mol. The Morgan fingerprint density at radius 3 is 1.74 bits per heavy atom. The van der Waals surface area contributed by atoms with E-state index in [1.54, 1.807) is 6.20 Å². The fraction of sp³-hybridized carbons (Fsp3) is 0. The van der Waals surface area contributed by atoms with E-state index in [9.17, 15) is 0 Å². The summed E-state index contributed by atoms with van der Waals surface area (Å²) in [5.41, 5.74) is 9.41. The Morgan fingerprint density at radius 1 is 0.447 bits per heavy atom. The molecule has 0 aliphatic rings. The lowest BCUT2D eigenvalue weighted by Gasteiger charge is -2.26. The number of fused-ring (bicyclic) bond motifs is 3. The van der Waals surface area contributed by atoms with E-state index in [4.69, 9.17) is 4.42 Å². The maximum Gasteiger partial charge on any atom is 0.227 e. The number of pyridine rings is 1. The molecule has 0 saturated carbocycles. The summed E-state index contributed by atoms with van der Waals surface area (Å²) in [7, 11) is 0. The van der Waals surface area contributed by atoms with E-state index in [-0.39, 0.29) is 0 Å². The molecule has 180 valence electrons. The van der Waals surface area contributed by atoms with Gasteiger partial charge in [-0.3, -0.25) is 0 Å². The average Bonchev–Trinajstić information content (AvgIpc) is 3.38. The van der Waals surface area contributed by atoms with Crippen LogP contribution in [0.3, 0.4) is 0 Å². The second-order valence-electron chi connectivity index (χ2n) is 9.27. The molecule has 7 rings (SSSR count). The lowest BCUT2D eigenvalue weighted by molar-refractivity contribution is 0.655. The van der Waals surface area contributed by atoms with E-state index < -0.39 is 0 Å². The number of hydrogen-bond donors (Lipinski definition) is 0. The van der Waals surface area contributed by atoms with Crippen LogP contribution in [0.2, 0.25) is 0 Å². The molecule has 0 bridgehead atoms. The Morgan fingerprint density at radius 2 is 1.03 bits per heavy atom. The molecule has 0 N–H and O–H groups in total. The molecule has 38 heavy (non-hydrogen) atoms. The highest BCUT2D eigenvalue weighted by molar-refractivity contribution is 6.08. The first kappa shape index (κ1) is 22.1. The van der Waals surface area contributed by atoms with Gasteiger partial charge < -0.3 is 9.32 Å². The lowest BCUT2D eigenvalue weighted by Crippen LogP contribution is -2.09. The van der Waals surface area contributed by atoms with E-state index in [1.807, 2.05) is 18.2 Å². The van der Waals surface area contributed by atoms with Crippen molar-refractivity contribution in [2.45, 2.75) is 0 Å². The molecule has 7 aromatic rings. The van der Waals surface area contributed by atoms with Crippen LogP contribution in [0.5, 0.6) is 0 Å². The van der Waals surface area contributed by atoms with Crippen LogP contribution in [-0.4, -0.2) is 4.98 Å². The minimum absolute atomic E-state index is 0.667. The number of furan rings is 1. The Labute approximate surface area is 221 Å². The number of benzene rings is 5. The van der Waals surface area contributed by atoms with Crippen molar-refractivity contribution in [1.29, 1.82) is 0 Å². The number of para-hydroxylation sites is 2. The molecule has 0 fully saturated rings. The van der Waals surface area contributed by atoms with Gasteiger partial charge in [-0.15, -0.1) is 0 Å². The molecule has 0 amide bonds. The highest BCUT2D eigenvalue weighted by atomic mass is 16.3. The molecule has 3 nitrogen and oxygen atoms in total. The van der Waals surface area contributed by atoms with Gasteiger partial charge in [0.25, 0.3) is 0 Å². The van der Waals surface area contributed by atoms with Crippen LogP contribution in [-0.2, 0) is 0 Å². The summed E-state index contributed by atoms with van der Waals surface area (Å²) in [6.45, 7) is 0. The summed E-state index contributed by atoms with van der Waals surface area (Å²) in [6, 6.07) is 48.7. The number of rotatable bonds is 5. The first-order valence-electron chi connectivity index (χ1n) is 12.7. The van der Waals surface area contributed by atoms with Gasteiger partial charge in [-0.1, -0.05) is 91.0 Å². The SMILES string of the molecule is c1ccc(-c2ccc(N(c3ccccc3)c3ccc(-c4cccc5c4oc4ncccc45)cc3)cc2)cc1. The molecular weight excluding hydrogens is 464 g/mol. The third-order valence-electron chi connectivity index (χ3n) is 6.96. The zero-order valence-corrected chi connectivity index (χ0v) is 20.7. The average molecular weight is 489 g/mol. The second kappa shape index (κ2) is 9.38. The Bertz CT molecular complexity index is 1840. The van der Waals surface area contributed by atoms with Gasteiger partial charge in [-0.2, -0.15) is 0 Å². The number of aromatic nitrogens is 1. The van der Waals surface area contributed by atoms with Crippen LogP contribution < -0.4 is 4.90 Å². The van der Waals surface area contributed by atoms with E-state index >= 15 is 0 Å². The zero-order valence-electron chi connectivity index (χ0n) is 20.7. The number of hydrogen-bond acceptors (Lipinski definition) is 3. The molecule has 0 radical (unpaired) electrons. The van der Waals surface area contributed by atoms with Crippen LogP contribution in [0.4, 0.5) is 17.1 Å². The van der Waals surface area contributed by atoms with E-state index in [0.717, 1.165) is 44.5 Å². The smallest absolute Gasteiger partial charge is 0.227 e. The van der Waals surface area contributed by atoms with Crippen molar-refractivity contribution in [1.82, 2.24) is 4.98 Å². The molecule has 0 saturated heterocycles. The monoisotopic (exact) mass is 488 g/mol. The highest BCUT2D eigenvalue weighted by Crippen LogP contribution is 2.38. The molecule has 0 aliphatic heterocycles. The molecule has 3 heteroatoms. The van der Waals surface area contributed by atoms with Gasteiger partial charge in [0.15, 0.2) is 0 Å². The zero-order chi connectivity index (χ0) is 25.3. The minimum Gasteiger partial charge on any atom is -0.437 e. The van der Waals surface area contributed by atoms with Gasteiger partial charge in [-0.25, -0.2) is 4.98 Å². The van der Waals surface area contributed by atoms with Crippen LogP contribution in [0.15, 0.2) is 150 Å². The van der Waals surface area contributed by atoms with Crippen molar-refractivity contribution in [2.24, 2.45) is 0 Å². The topological polar surface area (TPSA) is 29.3 Å². The first-order chi connectivity index (χ1) is 18.8. The van der Waals surface area contributed by atoms with Crippen molar-refractivity contribution in [2.75, 3.05) is 4.90 Å². The summed E-state index contributed by atoms with van der Waals surface area (Å²) in [5, 5.41) is 2.12. The Hall–Kier alpha value is -5.15. The maximum absolute atomic E-state index is 6.18. The third-order valence-corrected chi connectivity index (χ3v) is 6.96. The molecule has 2 aromatic heterocycles. The Balaban J connectivity index is 1.29. The highest BCUT2D eigenvalue weighted by Gasteiger charge is 2.15. The summed E-state index contributed by atoms with van der Waals surface area (Å²) in [4.78, 5) is 6.69. The van der Waals surface area contributed by atoms with E-state index in [0.29, 0.717) is 5.71 Å². The minimum atomic E-state index is 0.667. The summed E-state index contributed by atoms with van der Waals surface area (Å²) >= 11 is 0. The number of anilines is 3. The molecule has 0 atom stereocenters. The Kier molecular flexibility index (Phi) is 5.45. The molecule has 0 spiro atoms. The quantitative estimate of drug-likeness (QED) is 0.241. The standard InChI is InChI=1S/C35H24N2O/c1-3-9-25(10-4-1)26-16-20-29(21-17-26)37(28-11-5-2-6-12-28)30-22-18-27(19-23-30)31-13-7-14-32-33-15-8-24-36-35(33)38-34(31)32/h1-24H. The van der Waals surface area contributed by atoms with Crippen molar-refractivity contribution in [3.63, 3.8) is 0 Å². The molecular formula is C35H24N2O. The van der Waals surface area contributed by atoms with Crippen molar-refractivity contribution < 1.29 is 4.42 Å². The lowest BCUT2D eigenvalue weighted by atomic mass is 10.0. The van der Waals surface area contributed by atoms with Gasteiger partial charge in [0.1, 0.15) is 5.58 Å². The van der Waals surface area contributed by atoms with Crippen LogP contribution in [0, 0.1) is 0 Å². The fourth-order valence-corrected chi connectivity index (χ4v) is 5.11. The van der Waals surface area contributed by atoms with Gasteiger partial charge in [0, 0.05) is 39.6 Å². The summed E-state index contributed by atoms with van der Waals surface area (Å²) in [6.07, 6.45) is 1.77. The van der Waals surface area contributed by atoms with Crippen molar-refractivity contribution >= 4 is 39.1 Å². The van der Waals surface area contributed by atoms with Crippen LogP contribution >= 0.6 is 0 Å². The maximum atomic E-state index is 6.18. The van der Waals surface area contributed by atoms with Crippen LogP contribution in [0.25, 0.3) is 44.3 Å². The van der Waals surface area contributed by atoms with E-state index in [2.05, 4.69) is 131 Å². The number of nitrogens with zero attached hydrogens (tertiary/aromatic N) is 2. The largest absolute Gasteiger partial charge is 0.437 e. The van der Waals surface area contributed by atoms with Crippen LogP contribution in [0.1, 0.15) is 0 Å². The molecule has 2 heterocycles.